The number of nitrogens with zero attached hydrogens (tertiary/aromatic N) is 2. The molecular weight excluding hydrogens is 304 g/mol. The lowest BCUT2D eigenvalue weighted by atomic mass is 10.1. The lowest BCUT2D eigenvalue weighted by molar-refractivity contribution is -0.384. The molecule has 110 valence electrons. The summed E-state index contributed by atoms with van der Waals surface area (Å²) in [6.07, 6.45) is 2.18. The summed E-state index contributed by atoms with van der Waals surface area (Å²) in [5.41, 5.74) is -1.29. The van der Waals surface area contributed by atoms with Crippen LogP contribution in [0.5, 0.6) is 0 Å². The third-order valence-corrected chi connectivity index (χ3v) is 3.74. The van der Waals surface area contributed by atoms with Gasteiger partial charge in [0.15, 0.2) is 5.03 Å². The van der Waals surface area contributed by atoms with Gasteiger partial charge < -0.3 is 10.1 Å². The number of carbonyl (C=O) groups is 1. The van der Waals surface area contributed by atoms with E-state index in [0.717, 1.165) is 30.7 Å². The molecule has 0 atom stereocenters. The number of imidazole rings is 1. The summed E-state index contributed by atoms with van der Waals surface area (Å²) in [7, 11) is -4.06. The third-order valence-electron chi connectivity index (χ3n) is 2.45. The van der Waals surface area contributed by atoms with Crippen LogP contribution in [0.4, 0.5) is 11.4 Å². The largest absolute Gasteiger partial charge is 0.478 e. The van der Waals surface area contributed by atoms with E-state index in [0.29, 0.717) is 0 Å². The summed E-state index contributed by atoms with van der Waals surface area (Å²) in [6.45, 7) is 0. The van der Waals surface area contributed by atoms with Gasteiger partial charge in [0.05, 0.1) is 28.7 Å². The predicted molar refractivity (Wildman–Crippen MR) is 69.5 cm³/mol. The Morgan fingerprint density at radius 2 is 2.14 bits per heavy atom. The number of H-pyrrole nitrogens is 1. The summed E-state index contributed by atoms with van der Waals surface area (Å²) in [5.74, 6) is -1.50. The molecule has 0 aliphatic carbocycles. The van der Waals surface area contributed by atoms with E-state index < -0.39 is 32.2 Å². The number of aromatic amines is 1. The van der Waals surface area contributed by atoms with Gasteiger partial charge in [0, 0.05) is 12.1 Å². The Bertz CT molecular complexity index is 799. The summed E-state index contributed by atoms with van der Waals surface area (Å²) in [6, 6.07) is 2.78. The Morgan fingerprint density at radius 1 is 1.43 bits per heavy atom. The molecule has 0 fully saturated rings. The van der Waals surface area contributed by atoms with Gasteiger partial charge in [-0.05, 0) is 6.07 Å². The number of benzene rings is 1. The molecule has 0 amide bonds. The fourth-order valence-electron chi connectivity index (χ4n) is 1.50. The fourth-order valence-corrected chi connectivity index (χ4v) is 2.49. The number of carboxylic acid groups (broad SMARTS) is 1. The Kier molecular flexibility index (Phi) is 3.58. The Hall–Kier alpha value is -2.95. The second-order valence-corrected chi connectivity index (χ2v) is 5.46. The van der Waals surface area contributed by atoms with Gasteiger partial charge in [-0.25, -0.2) is 9.78 Å². The van der Waals surface area contributed by atoms with Crippen LogP contribution in [0.2, 0.25) is 0 Å². The molecule has 0 spiro atoms. The average Bonchev–Trinajstić information content (AvgIpc) is 2.92. The van der Waals surface area contributed by atoms with Crippen molar-refractivity contribution in [2.45, 2.75) is 5.03 Å². The maximum Gasteiger partial charge on any atom is 0.338 e. The minimum atomic E-state index is -4.06. The Morgan fingerprint density at radius 3 is 2.67 bits per heavy atom. The highest BCUT2D eigenvalue weighted by Crippen LogP contribution is 2.24. The zero-order chi connectivity index (χ0) is 15.6. The highest BCUT2D eigenvalue weighted by atomic mass is 32.2. The van der Waals surface area contributed by atoms with E-state index in [1.165, 1.54) is 0 Å². The number of nitrogens with one attached hydrogen (secondary N) is 2. The molecule has 0 saturated heterocycles. The number of hydrogen-bond donors (Lipinski definition) is 3. The molecular formula is C10H8N4O6S. The molecule has 0 unspecified atom stereocenters. The van der Waals surface area contributed by atoms with E-state index in [4.69, 9.17) is 5.11 Å². The first kappa shape index (κ1) is 14.5. The molecule has 21 heavy (non-hydrogen) atoms. The van der Waals surface area contributed by atoms with E-state index in [1.807, 2.05) is 4.72 Å². The second kappa shape index (κ2) is 5.20. The molecule has 10 nitrogen and oxygen atoms in total. The molecule has 11 heteroatoms. The van der Waals surface area contributed by atoms with Gasteiger partial charge in [-0.2, -0.15) is 8.42 Å². The highest BCUT2D eigenvalue weighted by Gasteiger charge is 2.21. The monoisotopic (exact) mass is 312 g/mol. The van der Waals surface area contributed by atoms with Crippen LogP contribution in [0.25, 0.3) is 0 Å². The van der Waals surface area contributed by atoms with Crippen molar-refractivity contribution in [3.63, 3.8) is 0 Å². The molecule has 0 aliphatic heterocycles. The summed E-state index contributed by atoms with van der Waals surface area (Å²) >= 11 is 0. The lowest BCUT2D eigenvalue weighted by Gasteiger charge is -2.09. The normalized spacial score (nSPS) is 11.0. The van der Waals surface area contributed by atoms with Gasteiger partial charge in [-0.15, -0.1) is 0 Å². The maximum atomic E-state index is 11.9. The number of aromatic nitrogens is 2. The van der Waals surface area contributed by atoms with Gasteiger partial charge in [0.2, 0.25) is 0 Å². The number of nitro benzene ring substituents is 1. The predicted octanol–water partition coefficient (Wildman–Crippen LogP) is 0.817. The topological polar surface area (TPSA) is 155 Å². The summed E-state index contributed by atoms with van der Waals surface area (Å²) < 4.78 is 25.9. The smallest absolute Gasteiger partial charge is 0.338 e. The van der Waals surface area contributed by atoms with Crippen molar-refractivity contribution in [1.82, 2.24) is 9.97 Å². The number of anilines is 1. The molecule has 1 aromatic carbocycles. The standard InChI is InChI=1S/C10H8N4O6S/c15-10(16)7-3-6(14(17)18)1-2-8(7)13-21(19,20)9-4-11-5-12-9/h1-5,13H,(H,11,12)(H,15,16). The minimum absolute atomic E-state index is 0.266. The first-order valence-electron chi connectivity index (χ1n) is 5.34. The number of carboxylic acids is 1. The van der Waals surface area contributed by atoms with Crippen molar-refractivity contribution < 1.29 is 23.2 Å². The number of aromatic carboxylic acids is 1. The second-order valence-electron chi connectivity index (χ2n) is 3.81. The molecule has 0 bridgehead atoms. The van der Waals surface area contributed by atoms with Crippen molar-refractivity contribution in [1.29, 1.82) is 0 Å². The zero-order valence-corrected chi connectivity index (χ0v) is 11.0. The van der Waals surface area contributed by atoms with Crippen LogP contribution in [-0.4, -0.2) is 34.4 Å². The molecule has 3 N–H and O–H groups in total. The van der Waals surface area contributed by atoms with Crippen LogP contribution < -0.4 is 4.72 Å². The van der Waals surface area contributed by atoms with Crippen LogP contribution in [0.15, 0.2) is 35.7 Å². The minimum Gasteiger partial charge on any atom is -0.478 e. The molecule has 0 radical (unpaired) electrons. The first-order chi connectivity index (χ1) is 9.81. The molecule has 1 aromatic heterocycles. The number of non-ortho nitro benzene ring substituents is 1. The van der Waals surface area contributed by atoms with E-state index in [1.54, 1.807) is 0 Å². The van der Waals surface area contributed by atoms with Crippen LogP contribution in [0, 0.1) is 10.1 Å². The van der Waals surface area contributed by atoms with Crippen molar-refractivity contribution in [3.8, 4) is 0 Å². The van der Waals surface area contributed by atoms with E-state index in [9.17, 15) is 23.3 Å². The van der Waals surface area contributed by atoms with E-state index >= 15 is 0 Å². The van der Waals surface area contributed by atoms with Crippen LogP contribution >= 0.6 is 0 Å². The highest BCUT2D eigenvalue weighted by molar-refractivity contribution is 7.92. The first-order valence-corrected chi connectivity index (χ1v) is 6.82. The molecule has 1 heterocycles. The van der Waals surface area contributed by atoms with E-state index in [-0.39, 0.29) is 10.7 Å². The van der Waals surface area contributed by atoms with Crippen LogP contribution in [0.1, 0.15) is 10.4 Å². The fraction of sp³-hybridized carbons (Fsp3) is 0. The number of nitro groups is 1. The average molecular weight is 312 g/mol. The van der Waals surface area contributed by atoms with Crippen molar-refractivity contribution in [3.05, 3.63) is 46.4 Å². The van der Waals surface area contributed by atoms with Crippen molar-refractivity contribution >= 4 is 27.4 Å². The summed E-state index contributed by atoms with van der Waals surface area (Å²) in [4.78, 5) is 26.8. The maximum absolute atomic E-state index is 11.9. The van der Waals surface area contributed by atoms with Gasteiger partial charge in [-0.3, -0.25) is 14.8 Å². The quantitative estimate of drug-likeness (QED) is 0.545. The van der Waals surface area contributed by atoms with Gasteiger partial charge in [0.25, 0.3) is 15.7 Å². The van der Waals surface area contributed by atoms with Crippen molar-refractivity contribution in [2.75, 3.05) is 4.72 Å². The summed E-state index contributed by atoms with van der Waals surface area (Å²) in [5, 5.41) is 19.4. The van der Waals surface area contributed by atoms with Crippen LogP contribution in [-0.2, 0) is 10.0 Å². The molecule has 0 aliphatic rings. The van der Waals surface area contributed by atoms with Crippen LogP contribution in [0.3, 0.4) is 0 Å². The molecule has 2 aromatic rings. The number of hydrogen-bond acceptors (Lipinski definition) is 6. The lowest BCUT2D eigenvalue weighted by Crippen LogP contribution is -2.16. The van der Waals surface area contributed by atoms with Gasteiger partial charge in [0.1, 0.15) is 0 Å². The SMILES string of the molecule is O=C(O)c1cc([N+](=O)[O-])ccc1NS(=O)(=O)c1cnc[nH]1. The van der Waals surface area contributed by atoms with Gasteiger partial charge >= 0.3 is 5.97 Å². The van der Waals surface area contributed by atoms with Crippen molar-refractivity contribution in [2.24, 2.45) is 0 Å². The Balaban J connectivity index is 2.45. The van der Waals surface area contributed by atoms with Gasteiger partial charge in [-0.1, -0.05) is 0 Å². The number of rotatable bonds is 5. The van der Waals surface area contributed by atoms with E-state index in [2.05, 4.69) is 9.97 Å². The number of sulfonamides is 1. The molecule has 0 saturated carbocycles. The molecule has 2 rings (SSSR count). The zero-order valence-electron chi connectivity index (χ0n) is 10.2. The Labute approximate surface area is 117 Å². The third kappa shape index (κ3) is 2.97.